The van der Waals surface area contributed by atoms with Gasteiger partial charge in [0.1, 0.15) is 5.82 Å². The quantitative estimate of drug-likeness (QED) is 0.743. The van der Waals surface area contributed by atoms with Crippen molar-refractivity contribution in [1.29, 1.82) is 0 Å². The van der Waals surface area contributed by atoms with Crippen LogP contribution in [0.2, 0.25) is 0 Å². The van der Waals surface area contributed by atoms with Crippen molar-refractivity contribution in [1.82, 2.24) is 14.9 Å². The predicted molar refractivity (Wildman–Crippen MR) is 94.8 cm³/mol. The summed E-state index contributed by atoms with van der Waals surface area (Å²) in [4.78, 5) is 16.5. The summed E-state index contributed by atoms with van der Waals surface area (Å²) in [5, 5.41) is 13.1. The normalized spacial score (nSPS) is 14.8. The number of nitrogens with zero attached hydrogens (tertiary/aromatic N) is 2. The number of aliphatic hydroxyl groups is 1. The molecule has 0 bridgehead atoms. The Morgan fingerprint density at radius 1 is 1.32 bits per heavy atom. The van der Waals surface area contributed by atoms with Gasteiger partial charge < -0.3 is 15.0 Å². The monoisotopic (exact) mass is 363 g/mol. The Hall–Kier alpha value is -1.86. The molecule has 134 valence electrons. The van der Waals surface area contributed by atoms with E-state index < -0.39 is 0 Å². The first-order valence-corrected chi connectivity index (χ1v) is 9.46. The molecule has 0 saturated heterocycles. The molecule has 1 aromatic heterocycles. The largest absolute Gasteiger partial charge is 0.390 e. The number of thioether (sulfide) groups is 1. The third-order valence-electron chi connectivity index (χ3n) is 4.27. The maximum Gasteiger partial charge on any atom is 0.230 e. The molecule has 0 spiro atoms. The zero-order valence-corrected chi connectivity index (χ0v) is 14.8. The molecule has 25 heavy (non-hydrogen) atoms. The second-order valence-electron chi connectivity index (χ2n) is 6.26. The van der Waals surface area contributed by atoms with Gasteiger partial charge in [0, 0.05) is 18.8 Å². The van der Waals surface area contributed by atoms with Crippen LogP contribution >= 0.6 is 11.8 Å². The van der Waals surface area contributed by atoms with Gasteiger partial charge in [-0.2, -0.15) is 0 Å². The van der Waals surface area contributed by atoms with E-state index in [0.29, 0.717) is 29.2 Å². The lowest BCUT2D eigenvalue weighted by Gasteiger charge is -2.12. The number of benzene rings is 1. The second-order valence-corrected chi connectivity index (χ2v) is 7.21. The number of carbonyl (C=O) groups is 1. The van der Waals surface area contributed by atoms with E-state index in [4.69, 9.17) is 0 Å². The third kappa shape index (κ3) is 5.06. The molecule has 0 radical (unpaired) electrons. The molecule has 2 N–H and O–H groups in total. The highest BCUT2D eigenvalue weighted by atomic mass is 32.2. The van der Waals surface area contributed by atoms with Crippen LogP contribution in [0.15, 0.2) is 35.6 Å². The van der Waals surface area contributed by atoms with Crippen molar-refractivity contribution in [3.63, 3.8) is 0 Å². The number of rotatable bonds is 7. The summed E-state index contributed by atoms with van der Waals surface area (Å²) >= 11 is 1.35. The first-order valence-electron chi connectivity index (χ1n) is 8.47. The van der Waals surface area contributed by atoms with Gasteiger partial charge >= 0.3 is 0 Å². The zero-order valence-electron chi connectivity index (χ0n) is 13.9. The van der Waals surface area contributed by atoms with Crippen LogP contribution in [0.25, 0.3) is 0 Å². The Morgan fingerprint density at radius 2 is 2.04 bits per heavy atom. The molecular formula is C18H22FN3O2S. The molecular weight excluding hydrogens is 341 g/mol. The number of aromatic nitrogens is 2. The molecule has 1 fully saturated rings. The molecule has 1 saturated carbocycles. The smallest absolute Gasteiger partial charge is 0.230 e. The fourth-order valence-electron chi connectivity index (χ4n) is 3.01. The average molecular weight is 363 g/mol. The standard InChI is InChI=1S/C18H22FN3O2S/c19-14-7-5-13(6-8-14)9-22-10-16(11-23)21-18(22)25-12-17(24)20-15-3-1-2-4-15/h5-8,10,15,23H,1-4,9,11-12H2,(H,20,24). The van der Waals surface area contributed by atoms with Gasteiger partial charge in [-0.15, -0.1) is 0 Å². The van der Waals surface area contributed by atoms with Crippen LogP contribution in [0, 0.1) is 5.82 Å². The summed E-state index contributed by atoms with van der Waals surface area (Å²) in [5.41, 5.74) is 1.49. The Morgan fingerprint density at radius 3 is 2.72 bits per heavy atom. The van der Waals surface area contributed by atoms with E-state index in [1.165, 1.54) is 36.7 Å². The zero-order chi connectivity index (χ0) is 17.6. The molecule has 1 aromatic carbocycles. The summed E-state index contributed by atoms with van der Waals surface area (Å²) in [6, 6.07) is 6.58. The van der Waals surface area contributed by atoms with Gasteiger partial charge in [-0.05, 0) is 30.5 Å². The molecule has 7 heteroatoms. The Kier molecular flexibility index (Phi) is 6.09. The topological polar surface area (TPSA) is 67.1 Å². The first kappa shape index (κ1) is 17.9. The first-order chi connectivity index (χ1) is 12.1. The number of nitrogens with one attached hydrogen (secondary N) is 1. The molecule has 0 atom stereocenters. The maximum absolute atomic E-state index is 13.0. The van der Waals surface area contributed by atoms with Gasteiger partial charge in [0.2, 0.25) is 5.91 Å². The van der Waals surface area contributed by atoms with Crippen molar-refractivity contribution in [3.8, 4) is 0 Å². The van der Waals surface area contributed by atoms with Gasteiger partial charge in [-0.3, -0.25) is 4.79 Å². The number of imidazole rings is 1. The molecule has 1 aliphatic carbocycles. The molecule has 1 amide bonds. The fraction of sp³-hybridized carbons (Fsp3) is 0.444. The molecule has 0 unspecified atom stereocenters. The summed E-state index contributed by atoms with van der Waals surface area (Å²) < 4.78 is 14.9. The fourth-order valence-corrected chi connectivity index (χ4v) is 3.82. The van der Waals surface area contributed by atoms with Crippen molar-refractivity contribution < 1.29 is 14.3 Å². The SMILES string of the molecule is O=C(CSc1nc(CO)cn1Cc1ccc(F)cc1)NC1CCCC1. The van der Waals surface area contributed by atoms with E-state index >= 15 is 0 Å². The second kappa shape index (κ2) is 8.49. The van der Waals surface area contributed by atoms with E-state index in [1.54, 1.807) is 18.3 Å². The lowest BCUT2D eigenvalue weighted by Crippen LogP contribution is -2.33. The van der Waals surface area contributed by atoms with Crippen molar-refractivity contribution in [2.45, 2.75) is 50.0 Å². The lowest BCUT2D eigenvalue weighted by molar-refractivity contribution is -0.119. The number of hydrogen-bond donors (Lipinski definition) is 2. The van der Waals surface area contributed by atoms with Gasteiger partial charge in [0.15, 0.2) is 5.16 Å². The van der Waals surface area contributed by atoms with Crippen LogP contribution < -0.4 is 5.32 Å². The summed E-state index contributed by atoms with van der Waals surface area (Å²) in [7, 11) is 0. The minimum atomic E-state index is -0.274. The maximum atomic E-state index is 13.0. The van der Waals surface area contributed by atoms with Crippen LogP contribution in [-0.2, 0) is 17.9 Å². The Bertz CT molecular complexity index is 712. The van der Waals surface area contributed by atoms with Gasteiger partial charge in [0.25, 0.3) is 0 Å². The third-order valence-corrected chi connectivity index (χ3v) is 5.26. The Balaban J connectivity index is 1.62. The predicted octanol–water partition coefficient (Wildman–Crippen LogP) is 2.71. The molecule has 3 rings (SSSR count). The van der Waals surface area contributed by atoms with Crippen LogP contribution in [0.4, 0.5) is 4.39 Å². The average Bonchev–Trinajstić information content (AvgIpc) is 3.25. The lowest BCUT2D eigenvalue weighted by atomic mass is 10.2. The van der Waals surface area contributed by atoms with E-state index in [0.717, 1.165) is 18.4 Å². The summed E-state index contributed by atoms with van der Waals surface area (Å²) in [6.07, 6.45) is 6.25. The van der Waals surface area contributed by atoms with Gasteiger partial charge in [0.05, 0.1) is 18.1 Å². The molecule has 5 nitrogen and oxygen atoms in total. The number of hydrogen-bond acceptors (Lipinski definition) is 4. The minimum absolute atomic E-state index is 0.0128. The van der Waals surface area contributed by atoms with E-state index in [-0.39, 0.29) is 18.3 Å². The number of halogens is 1. The van der Waals surface area contributed by atoms with Gasteiger partial charge in [-0.1, -0.05) is 36.7 Å². The Labute approximate surface area is 150 Å². The van der Waals surface area contributed by atoms with Crippen LogP contribution in [0.3, 0.4) is 0 Å². The van der Waals surface area contributed by atoms with E-state index in [9.17, 15) is 14.3 Å². The number of amides is 1. The molecule has 2 aromatic rings. The van der Waals surface area contributed by atoms with E-state index in [2.05, 4.69) is 10.3 Å². The van der Waals surface area contributed by atoms with Crippen LogP contribution in [-0.4, -0.2) is 32.4 Å². The van der Waals surface area contributed by atoms with Crippen LogP contribution in [0.5, 0.6) is 0 Å². The van der Waals surface area contributed by atoms with Crippen molar-refractivity contribution in [2.75, 3.05) is 5.75 Å². The van der Waals surface area contributed by atoms with Crippen molar-refractivity contribution in [2.24, 2.45) is 0 Å². The highest BCUT2D eigenvalue weighted by molar-refractivity contribution is 7.99. The van der Waals surface area contributed by atoms with Gasteiger partial charge in [-0.25, -0.2) is 9.37 Å². The van der Waals surface area contributed by atoms with E-state index in [1.807, 2.05) is 4.57 Å². The summed E-state index contributed by atoms with van der Waals surface area (Å²) in [5.74, 6) is 0.0318. The molecule has 1 aliphatic rings. The molecule has 1 heterocycles. The number of aliphatic hydroxyl groups excluding tert-OH is 1. The summed E-state index contributed by atoms with van der Waals surface area (Å²) in [6.45, 7) is 0.359. The molecule has 0 aliphatic heterocycles. The van der Waals surface area contributed by atoms with Crippen molar-refractivity contribution in [3.05, 3.63) is 47.5 Å². The highest BCUT2D eigenvalue weighted by Crippen LogP contribution is 2.21. The number of carbonyl (C=O) groups excluding carboxylic acids is 1. The van der Waals surface area contributed by atoms with Crippen LogP contribution in [0.1, 0.15) is 36.9 Å². The van der Waals surface area contributed by atoms with Crippen molar-refractivity contribution >= 4 is 17.7 Å². The minimum Gasteiger partial charge on any atom is -0.390 e. The highest BCUT2D eigenvalue weighted by Gasteiger charge is 2.18.